The minimum Gasteiger partial charge on any atom is -0.369 e. The van der Waals surface area contributed by atoms with Gasteiger partial charge in [-0.3, -0.25) is 19.4 Å². The number of nitrogens with zero attached hydrogens (tertiary/aromatic N) is 2. The van der Waals surface area contributed by atoms with E-state index < -0.39 is 29.6 Å². The van der Waals surface area contributed by atoms with Gasteiger partial charge < -0.3 is 16.0 Å². The standard InChI is InChI=1S/C29H36ClFN4O3/c1-4-7-22(27(32)36)23(12-18(2)3)28(37)34-26-8-5-6-11-35(29(26)38)17-19-13-21(16-33-15-19)20-9-10-25(31)24(30)14-20/h4,9-10,13-16,18,22-23,26H,1,5-8,11-12,17H2,2-3H3,(H2,32,36)(H,34,37)/t22-,23-,26-/m0/s1. The zero-order valence-electron chi connectivity index (χ0n) is 22.0. The van der Waals surface area contributed by atoms with Crippen molar-refractivity contribution in [1.82, 2.24) is 15.2 Å². The van der Waals surface area contributed by atoms with Crippen LogP contribution in [-0.4, -0.2) is 40.2 Å². The maximum atomic E-state index is 13.6. The molecule has 7 nitrogen and oxygen atoms in total. The van der Waals surface area contributed by atoms with Crippen LogP contribution in [0.2, 0.25) is 5.02 Å². The van der Waals surface area contributed by atoms with Crippen LogP contribution in [-0.2, 0) is 20.9 Å². The van der Waals surface area contributed by atoms with Gasteiger partial charge >= 0.3 is 0 Å². The lowest BCUT2D eigenvalue weighted by atomic mass is 9.82. The average Bonchev–Trinajstić information content (AvgIpc) is 3.04. The summed E-state index contributed by atoms with van der Waals surface area (Å²) in [5, 5.41) is 2.96. The van der Waals surface area contributed by atoms with Crippen molar-refractivity contribution in [3.05, 3.63) is 65.7 Å². The molecule has 0 bridgehead atoms. The average molecular weight is 543 g/mol. The lowest BCUT2D eigenvalue weighted by molar-refractivity contribution is -0.139. The lowest BCUT2D eigenvalue weighted by Gasteiger charge is -2.29. The fourth-order valence-electron chi connectivity index (χ4n) is 4.92. The van der Waals surface area contributed by atoms with Gasteiger partial charge in [0.2, 0.25) is 17.7 Å². The fraction of sp³-hybridized carbons (Fsp3) is 0.448. The molecule has 2 heterocycles. The van der Waals surface area contributed by atoms with E-state index in [1.807, 2.05) is 19.9 Å². The van der Waals surface area contributed by atoms with E-state index >= 15 is 0 Å². The number of benzene rings is 1. The molecule has 204 valence electrons. The summed E-state index contributed by atoms with van der Waals surface area (Å²) in [5.41, 5.74) is 7.91. The molecule has 3 amide bonds. The van der Waals surface area contributed by atoms with Crippen LogP contribution in [0, 0.1) is 23.6 Å². The van der Waals surface area contributed by atoms with Gasteiger partial charge in [0.25, 0.3) is 0 Å². The van der Waals surface area contributed by atoms with E-state index in [1.165, 1.54) is 6.07 Å². The Bertz CT molecular complexity index is 1170. The summed E-state index contributed by atoms with van der Waals surface area (Å²) < 4.78 is 13.6. The van der Waals surface area contributed by atoms with Gasteiger partial charge in [-0.2, -0.15) is 0 Å². The number of hydrogen-bond donors (Lipinski definition) is 2. The van der Waals surface area contributed by atoms with Crippen LogP contribution in [0.15, 0.2) is 49.3 Å². The quantitative estimate of drug-likeness (QED) is 0.395. The van der Waals surface area contributed by atoms with Crippen molar-refractivity contribution in [3.8, 4) is 11.1 Å². The Kier molecular flexibility index (Phi) is 10.4. The maximum Gasteiger partial charge on any atom is 0.245 e. The number of rotatable bonds is 11. The fourth-order valence-corrected chi connectivity index (χ4v) is 5.10. The van der Waals surface area contributed by atoms with Crippen molar-refractivity contribution in [2.75, 3.05) is 6.54 Å². The van der Waals surface area contributed by atoms with Crippen molar-refractivity contribution in [1.29, 1.82) is 0 Å². The number of halogens is 2. The minimum atomic E-state index is -0.691. The molecule has 2 aromatic rings. The van der Waals surface area contributed by atoms with E-state index in [4.69, 9.17) is 17.3 Å². The first kappa shape index (κ1) is 29.3. The minimum absolute atomic E-state index is 0.0246. The predicted molar refractivity (Wildman–Crippen MR) is 146 cm³/mol. The number of hydrogen-bond acceptors (Lipinski definition) is 4. The molecule has 0 spiro atoms. The van der Waals surface area contributed by atoms with E-state index in [2.05, 4.69) is 16.9 Å². The number of carbonyl (C=O) groups is 3. The number of pyridine rings is 1. The monoisotopic (exact) mass is 542 g/mol. The Balaban J connectivity index is 1.76. The second-order valence-electron chi connectivity index (χ2n) is 10.3. The van der Waals surface area contributed by atoms with E-state index in [0.717, 1.165) is 29.5 Å². The Morgan fingerprint density at radius 3 is 2.66 bits per heavy atom. The number of amides is 3. The molecule has 0 unspecified atom stereocenters. The first-order valence-corrected chi connectivity index (χ1v) is 13.4. The van der Waals surface area contributed by atoms with Crippen molar-refractivity contribution in [2.24, 2.45) is 23.5 Å². The van der Waals surface area contributed by atoms with Crippen LogP contribution >= 0.6 is 11.6 Å². The van der Waals surface area contributed by atoms with E-state index in [1.54, 1.807) is 35.5 Å². The molecule has 0 radical (unpaired) electrons. The molecular formula is C29H36ClFN4O3. The number of nitrogens with one attached hydrogen (secondary N) is 1. The molecule has 1 aromatic heterocycles. The molecular weight excluding hydrogens is 507 g/mol. The van der Waals surface area contributed by atoms with Gasteiger partial charge in [-0.25, -0.2) is 4.39 Å². The van der Waals surface area contributed by atoms with Gasteiger partial charge in [-0.1, -0.05) is 37.6 Å². The van der Waals surface area contributed by atoms with Gasteiger partial charge in [0.05, 0.1) is 16.9 Å². The third-order valence-corrected chi connectivity index (χ3v) is 7.14. The number of carbonyl (C=O) groups excluding carboxylic acids is 3. The highest BCUT2D eigenvalue weighted by molar-refractivity contribution is 6.31. The number of likely N-dealkylation sites (tertiary alicyclic amines) is 1. The van der Waals surface area contributed by atoms with Crippen molar-refractivity contribution in [3.63, 3.8) is 0 Å². The summed E-state index contributed by atoms with van der Waals surface area (Å²) in [6.07, 6.45) is 7.81. The third-order valence-electron chi connectivity index (χ3n) is 6.85. The van der Waals surface area contributed by atoms with Gasteiger partial charge in [-0.15, -0.1) is 6.58 Å². The topological polar surface area (TPSA) is 105 Å². The Hall–Kier alpha value is -3.26. The second-order valence-corrected chi connectivity index (χ2v) is 10.7. The molecule has 0 saturated carbocycles. The molecule has 1 saturated heterocycles. The van der Waals surface area contributed by atoms with Gasteiger partial charge in [0, 0.05) is 31.0 Å². The highest BCUT2D eigenvalue weighted by Crippen LogP contribution is 2.27. The summed E-state index contributed by atoms with van der Waals surface area (Å²) in [4.78, 5) is 45.1. The first-order valence-electron chi connectivity index (χ1n) is 13.0. The summed E-state index contributed by atoms with van der Waals surface area (Å²) in [5.74, 6) is -2.71. The summed E-state index contributed by atoms with van der Waals surface area (Å²) in [6.45, 7) is 8.52. The number of aromatic nitrogens is 1. The van der Waals surface area contributed by atoms with Crippen molar-refractivity contribution in [2.45, 2.75) is 58.5 Å². The second kappa shape index (κ2) is 13.5. The van der Waals surface area contributed by atoms with Crippen LogP contribution in [0.25, 0.3) is 11.1 Å². The normalized spacial score (nSPS) is 17.6. The smallest absolute Gasteiger partial charge is 0.245 e. The lowest BCUT2D eigenvalue weighted by Crippen LogP contribution is -2.50. The summed E-state index contributed by atoms with van der Waals surface area (Å²) in [7, 11) is 0. The molecule has 1 aromatic carbocycles. The van der Waals surface area contributed by atoms with E-state index in [0.29, 0.717) is 32.4 Å². The zero-order chi connectivity index (χ0) is 27.8. The Labute approximate surface area is 228 Å². The van der Waals surface area contributed by atoms with Crippen LogP contribution in [0.3, 0.4) is 0 Å². The van der Waals surface area contributed by atoms with Crippen molar-refractivity contribution < 1.29 is 18.8 Å². The summed E-state index contributed by atoms with van der Waals surface area (Å²) in [6, 6.07) is 5.68. The number of primary amides is 1. The maximum absolute atomic E-state index is 13.6. The van der Waals surface area contributed by atoms with Crippen molar-refractivity contribution >= 4 is 29.3 Å². The number of allylic oxidation sites excluding steroid dienone is 1. The molecule has 1 fully saturated rings. The highest BCUT2D eigenvalue weighted by Gasteiger charge is 2.35. The molecule has 1 aliphatic heterocycles. The van der Waals surface area contributed by atoms with Crippen LogP contribution in [0.4, 0.5) is 4.39 Å². The third kappa shape index (κ3) is 7.63. The largest absolute Gasteiger partial charge is 0.369 e. The SMILES string of the molecule is C=CC[C@H](C(N)=O)[C@H](CC(C)C)C(=O)N[C@H]1CCCCN(Cc2cncc(-c3ccc(F)c(Cl)c3)c2)C1=O. The van der Waals surface area contributed by atoms with Gasteiger partial charge in [0.1, 0.15) is 11.9 Å². The Morgan fingerprint density at radius 2 is 2.00 bits per heavy atom. The van der Waals surface area contributed by atoms with Crippen LogP contribution in [0.1, 0.15) is 51.5 Å². The zero-order valence-corrected chi connectivity index (χ0v) is 22.7. The molecule has 3 rings (SSSR count). The molecule has 3 N–H and O–H groups in total. The number of nitrogens with two attached hydrogens (primary N) is 1. The molecule has 0 aliphatic carbocycles. The highest BCUT2D eigenvalue weighted by atomic mass is 35.5. The predicted octanol–water partition coefficient (Wildman–Crippen LogP) is 4.88. The van der Waals surface area contributed by atoms with Crippen LogP contribution in [0.5, 0.6) is 0 Å². The summed E-state index contributed by atoms with van der Waals surface area (Å²) >= 11 is 5.94. The molecule has 1 aliphatic rings. The van der Waals surface area contributed by atoms with E-state index in [-0.39, 0.29) is 22.8 Å². The Morgan fingerprint density at radius 1 is 1.24 bits per heavy atom. The van der Waals surface area contributed by atoms with Crippen LogP contribution < -0.4 is 11.1 Å². The van der Waals surface area contributed by atoms with Gasteiger partial charge in [-0.05, 0) is 67.3 Å². The molecule has 9 heteroatoms. The van der Waals surface area contributed by atoms with E-state index in [9.17, 15) is 18.8 Å². The molecule has 38 heavy (non-hydrogen) atoms. The molecule has 3 atom stereocenters. The first-order chi connectivity index (χ1) is 18.1. The van der Waals surface area contributed by atoms with Gasteiger partial charge in [0.15, 0.2) is 0 Å².